The van der Waals surface area contributed by atoms with E-state index in [0.717, 1.165) is 25.7 Å². The first-order valence-corrected chi connectivity index (χ1v) is 11.1. The zero-order valence-corrected chi connectivity index (χ0v) is 17.4. The van der Waals surface area contributed by atoms with Crippen molar-refractivity contribution in [3.8, 4) is 0 Å². The lowest BCUT2D eigenvalue weighted by Crippen LogP contribution is -2.65. The van der Waals surface area contributed by atoms with Gasteiger partial charge in [-0.15, -0.1) is 0 Å². The molecule has 0 amide bonds. The summed E-state index contributed by atoms with van der Waals surface area (Å²) in [7, 11) is 0. The van der Waals surface area contributed by atoms with Crippen LogP contribution in [0.5, 0.6) is 0 Å². The lowest BCUT2D eigenvalue weighted by molar-refractivity contribution is -0.223. The Morgan fingerprint density at radius 3 is 2.79 bits per heavy atom. The van der Waals surface area contributed by atoms with Gasteiger partial charge in [-0.3, -0.25) is 9.78 Å². The molecule has 3 saturated carbocycles. The molecule has 28 heavy (non-hydrogen) atoms. The Hall–Kier alpha value is -1.48. The van der Waals surface area contributed by atoms with E-state index in [1.807, 2.05) is 18.5 Å². The number of carbonyl (C=O) groups excluding carboxylic acids is 1. The summed E-state index contributed by atoms with van der Waals surface area (Å²) in [5, 5.41) is 11.7. The standard InChI is InChI=1S/C25H33NO2/c1-16-13-19-21-7-6-20(17-5-4-12-26-15-17)23(21,2)10-9-22(19)24(3)11-8-18(27)14-25(16,24)28/h4-6,12,15-16,19,21-22,28H,7-11,13-14H2,1-3H3/t16?,19-,21-,22-,23+,24+,25?/m0/s1. The maximum Gasteiger partial charge on any atom is 0.135 e. The van der Waals surface area contributed by atoms with E-state index in [4.69, 9.17) is 0 Å². The van der Waals surface area contributed by atoms with Crippen LogP contribution in [0.4, 0.5) is 0 Å². The fourth-order valence-corrected chi connectivity index (χ4v) is 8.00. The molecular weight excluding hydrogens is 346 g/mol. The van der Waals surface area contributed by atoms with Crippen LogP contribution < -0.4 is 0 Å². The van der Waals surface area contributed by atoms with Crippen molar-refractivity contribution < 1.29 is 9.90 Å². The molecule has 0 saturated heterocycles. The maximum absolute atomic E-state index is 12.2. The minimum Gasteiger partial charge on any atom is -0.389 e. The van der Waals surface area contributed by atoms with Gasteiger partial charge in [-0.25, -0.2) is 0 Å². The van der Waals surface area contributed by atoms with E-state index >= 15 is 0 Å². The van der Waals surface area contributed by atoms with Crippen molar-refractivity contribution in [2.24, 2.45) is 34.5 Å². The number of carbonyl (C=O) groups is 1. The van der Waals surface area contributed by atoms with Crippen LogP contribution in [0, 0.1) is 34.5 Å². The second-order valence-corrected chi connectivity index (χ2v) is 10.6. The third-order valence-corrected chi connectivity index (χ3v) is 9.63. The fraction of sp³-hybridized carbons (Fsp3) is 0.680. The molecule has 0 aliphatic heterocycles. The summed E-state index contributed by atoms with van der Waals surface area (Å²) in [6, 6.07) is 4.25. The van der Waals surface area contributed by atoms with Gasteiger partial charge >= 0.3 is 0 Å². The highest BCUT2D eigenvalue weighted by molar-refractivity contribution is 5.81. The van der Waals surface area contributed by atoms with E-state index in [2.05, 4.69) is 37.9 Å². The predicted molar refractivity (Wildman–Crippen MR) is 110 cm³/mol. The first-order chi connectivity index (χ1) is 13.3. The van der Waals surface area contributed by atoms with E-state index in [0.29, 0.717) is 30.6 Å². The first-order valence-electron chi connectivity index (χ1n) is 11.1. The van der Waals surface area contributed by atoms with Crippen LogP contribution in [0.15, 0.2) is 30.6 Å². The van der Waals surface area contributed by atoms with Gasteiger partial charge < -0.3 is 5.11 Å². The van der Waals surface area contributed by atoms with E-state index in [1.54, 1.807) is 0 Å². The number of aliphatic hydroxyl groups is 1. The summed E-state index contributed by atoms with van der Waals surface area (Å²) >= 11 is 0. The van der Waals surface area contributed by atoms with Crippen LogP contribution in [0.3, 0.4) is 0 Å². The molecule has 7 atom stereocenters. The Labute approximate surface area is 168 Å². The van der Waals surface area contributed by atoms with Crippen molar-refractivity contribution >= 4 is 11.4 Å². The number of nitrogens with zero attached hydrogens (tertiary/aromatic N) is 1. The Bertz CT molecular complexity index is 832. The Kier molecular flexibility index (Phi) is 3.98. The molecule has 4 aliphatic carbocycles. The predicted octanol–water partition coefficient (Wildman–Crippen LogP) is 5.05. The zero-order chi connectivity index (χ0) is 19.7. The molecule has 1 N–H and O–H groups in total. The second kappa shape index (κ2) is 6.01. The van der Waals surface area contributed by atoms with Crippen LogP contribution >= 0.6 is 0 Å². The third-order valence-electron chi connectivity index (χ3n) is 9.63. The number of allylic oxidation sites excluding steroid dienone is 2. The van der Waals surface area contributed by atoms with Crippen molar-refractivity contribution in [3.63, 3.8) is 0 Å². The molecule has 0 aromatic carbocycles. The maximum atomic E-state index is 12.2. The van der Waals surface area contributed by atoms with Crippen LogP contribution in [0.25, 0.3) is 5.57 Å². The Morgan fingerprint density at radius 2 is 2.04 bits per heavy atom. The van der Waals surface area contributed by atoms with Gasteiger partial charge in [0, 0.05) is 30.7 Å². The monoisotopic (exact) mass is 379 g/mol. The highest BCUT2D eigenvalue weighted by Crippen LogP contribution is 2.69. The fourth-order valence-electron chi connectivity index (χ4n) is 8.00. The average molecular weight is 380 g/mol. The SMILES string of the molecule is CC1C[C@H]2[C@@H]3CC=C(c4cccnc4)[C@@]3(C)CC[C@@H]2[C@@]2(C)CCC(=O)CC12O. The number of ketones is 1. The van der Waals surface area contributed by atoms with Gasteiger partial charge in [0.05, 0.1) is 5.60 Å². The molecule has 5 rings (SSSR count). The molecule has 1 aromatic heterocycles. The molecule has 0 spiro atoms. The molecule has 0 bridgehead atoms. The van der Waals surface area contributed by atoms with E-state index in [9.17, 15) is 9.90 Å². The van der Waals surface area contributed by atoms with Gasteiger partial charge in [0.1, 0.15) is 5.78 Å². The zero-order valence-electron chi connectivity index (χ0n) is 17.4. The number of pyridine rings is 1. The second-order valence-electron chi connectivity index (χ2n) is 10.6. The minimum atomic E-state index is -0.810. The molecule has 0 radical (unpaired) electrons. The van der Waals surface area contributed by atoms with Crippen molar-refractivity contribution in [2.45, 2.75) is 71.3 Å². The number of Topliss-reactive ketones (excluding diaryl/α,β-unsaturated/α-hetero) is 1. The van der Waals surface area contributed by atoms with Crippen molar-refractivity contribution in [3.05, 3.63) is 36.2 Å². The molecule has 2 unspecified atom stereocenters. The molecule has 3 nitrogen and oxygen atoms in total. The van der Waals surface area contributed by atoms with Gasteiger partial charge in [-0.05, 0) is 78.4 Å². The van der Waals surface area contributed by atoms with Gasteiger partial charge in [-0.1, -0.05) is 32.9 Å². The Morgan fingerprint density at radius 1 is 1.21 bits per heavy atom. The van der Waals surface area contributed by atoms with Gasteiger partial charge in [0.15, 0.2) is 0 Å². The topological polar surface area (TPSA) is 50.2 Å². The van der Waals surface area contributed by atoms with Gasteiger partial charge in [0.2, 0.25) is 0 Å². The van der Waals surface area contributed by atoms with Gasteiger partial charge in [0.25, 0.3) is 0 Å². The first kappa shape index (κ1) is 18.5. The highest BCUT2D eigenvalue weighted by Gasteiger charge is 2.65. The molecule has 150 valence electrons. The van der Waals surface area contributed by atoms with E-state index in [-0.39, 0.29) is 22.5 Å². The van der Waals surface area contributed by atoms with E-state index in [1.165, 1.54) is 17.6 Å². The van der Waals surface area contributed by atoms with Crippen molar-refractivity contribution in [1.29, 1.82) is 0 Å². The largest absolute Gasteiger partial charge is 0.389 e. The average Bonchev–Trinajstić information content (AvgIpc) is 3.03. The molecule has 4 aliphatic rings. The molecule has 1 aromatic rings. The van der Waals surface area contributed by atoms with Crippen LogP contribution in [-0.2, 0) is 4.79 Å². The quantitative estimate of drug-likeness (QED) is 0.743. The molecule has 3 heteroatoms. The summed E-state index contributed by atoms with van der Waals surface area (Å²) in [6.07, 6.45) is 12.8. The molecular formula is C25H33NO2. The summed E-state index contributed by atoms with van der Waals surface area (Å²) in [4.78, 5) is 16.6. The lowest BCUT2D eigenvalue weighted by Gasteiger charge is -2.65. The van der Waals surface area contributed by atoms with E-state index < -0.39 is 5.60 Å². The summed E-state index contributed by atoms with van der Waals surface area (Å²) in [5.41, 5.74) is 2.04. The smallest absolute Gasteiger partial charge is 0.135 e. The van der Waals surface area contributed by atoms with Gasteiger partial charge in [-0.2, -0.15) is 0 Å². The number of aromatic nitrogens is 1. The summed E-state index contributed by atoms with van der Waals surface area (Å²) in [5.74, 6) is 2.25. The highest BCUT2D eigenvalue weighted by atomic mass is 16.3. The minimum absolute atomic E-state index is 0.123. The Balaban J connectivity index is 1.50. The molecule has 3 fully saturated rings. The van der Waals surface area contributed by atoms with Crippen LogP contribution in [0.1, 0.15) is 71.3 Å². The number of rotatable bonds is 1. The number of hydrogen-bond donors (Lipinski definition) is 1. The molecule has 1 heterocycles. The normalized spacial score (nSPS) is 47.7. The van der Waals surface area contributed by atoms with Crippen LogP contribution in [0.2, 0.25) is 0 Å². The third kappa shape index (κ3) is 2.26. The lowest BCUT2D eigenvalue weighted by atomic mass is 9.41. The van der Waals surface area contributed by atoms with Crippen molar-refractivity contribution in [1.82, 2.24) is 4.98 Å². The van der Waals surface area contributed by atoms with Crippen molar-refractivity contribution in [2.75, 3.05) is 0 Å². The van der Waals surface area contributed by atoms with Crippen LogP contribution in [-0.4, -0.2) is 21.5 Å². The summed E-state index contributed by atoms with van der Waals surface area (Å²) < 4.78 is 0. The number of hydrogen-bond acceptors (Lipinski definition) is 3. The summed E-state index contributed by atoms with van der Waals surface area (Å²) in [6.45, 7) is 6.97. The number of fused-ring (bicyclic) bond motifs is 5.